The molecule has 0 saturated carbocycles. The first-order chi connectivity index (χ1) is 32.5. The van der Waals surface area contributed by atoms with Gasteiger partial charge in [0.2, 0.25) is 5.91 Å². The number of aliphatic hydroxyl groups is 1. The summed E-state index contributed by atoms with van der Waals surface area (Å²) in [5.74, 6) is -0.194. The number of phosphoric ester groups is 1. The van der Waals surface area contributed by atoms with Gasteiger partial charge in [-0.05, 0) is 83.5 Å². The van der Waals surface area contributed by atoms with Crippen LogP contribution in [0.2, 0.25) is 0 Å². The number of aliphatic hydroxyl groups excluding tert-OH is 1. The third-order valence-electron chi connectivity index (χ3n) is 12.1. The Bertz CT molecular complexity index is 1320. The zero-order valence-corrected chi connectivity index (χ0v) is 45.3. The van der Waals surface area contributed by atoms with Gasteiger partial charge >= 0.3 is 7.82 Å². The molecule has 0 radical (unpaired) electrons. The molecular weight excluding hydrogens is 852 g/mol. The summed E-state index contributed by atoms with van der Waals surface area (Å²) in [6.45, 7) is 4.77. The molecule has 3 atom stereocenters. The quantitative estimate of drug-likeness (QED) is 0.0243. The largest absolute Gasteiger partial charge is 0.472 e. The van der Waals surface area contributed by atoms with E-state index in [0.29, 0.717) is 17.4 Å². The Balaban J connectivity index is 4.28. The first-order valence-electron chi connectivity index (χ1n) is 27.8. The van der Waals surface area contributed by atoms with E-state index in [-0.39, 0.29) is 19.1 Å². The van der Waals surface area contributed by atoms with Gasteiger partial charge in [0.15, 0.2) is 0 Å². The summed E-state index contributed by atoms with van der Waals surface area (Å²) < 4.78 is 23.7. The smallest absolute Gasteiger partial charge is 0.387 e. The van der Waals surface area contributed by atoms with Crippen LogP contribution in [0.1, 0.15) is 239 Å². The molecule has 0 fully saturated rings. The Morgan fingerprint density at radius 1 is 0.507 bits per heavy atom. The minimum Gasteiger partial charge on any atom is -0.387 e. The molecule has 0 aliphatic rings. The maximum absolute atomic E-state index is 13.0. The van der Waals surface area contributed by atoms with Crippen LogP contribution < -0.4 is 5.32 Å². The predicted octanol–water partition coefficient (Wildman–Crippen LogP) is 16.7. The standard InChI is InChI=1S/C58H107N2O6P/c1-6-8-10-12-14-16-18-20-22-24-26-27-28-29-30-31-32-33-34-36-38-40-42-44-46-48-50-52-58(62)59-56(55-66-67(63,64)65-54-53-60(3,4)5)57(61)51-49-47-45-43-41-39-37-35-25-23-21-19-17-15-13-11-9-7-2/h18,20,24-26,28-29,35,41,43,49,51,56-57,61H,6-17,19,21-23,27,30-34,36-40,42,44-48,50,52-55H2,1-5H3,(H-,59,62,63,64)/p+1/b20-18-,26-24-,29-28-,35-25+,43-41+,51-49+. The molecule has 9 heteroatoms. The predicted molar refractivity (Wildman–Crippen MR) is 290 cm³/mol. The molecule has 0 spiro atoms. The lowest BCUT2D eigenvalue weighted by atomic mass is 10.0. The van der Waals surface area contributed by atoms with Crippen LogP contribution in [-0.2, 0) is 18.4 Å². The molecule has 3 unspecified atom stereocenters. The first kappa shape index (κ1) is 64.9. The normalized spacial score (nSPS) is 14.6. The summed E-state index contributed by atoms with van der Waals surface area (Å²) >= 11 is 0. The number of hydrogen-bond donors (Lipinski definition) is 3. The fourth-order valence-electron chi connectivity index (χ4n) is 7.73. The second kappa shape index (κ2) is 48.9. The van der Waals surface area contributed by atoms with Crippen molar-refractivity contribution in [3.63, 3.8) is 0 Å². The number of likely N-dealkylation sites (N-methyl/N-ethyl adjacent to an activating group) is 1. The number of allylic oxidation sites excluding steroid dienone is 11. The number of carbonyl (C=O) groups excluding carboxylic acids is 1. The highest BCUT2D eigenvalue weighted by Gasteiger charge is 2.27. The fraction of sp³-hybridized carbons (Fsp3) is 0.776. The van der Waals surface area contributed by atoms with Crippen molar-refractivity contribution in [3.8, 4) is 0 Å². The SMILES string of the molecule is CCCCCCC/C=C\C/C=C\C/C=C\CCCCCCCCCCCCCCC(=O)NC(COP(=O)(O)OCC[N+](C)(C)C)C(O)/C=C/CC/C=C/CC/C=C/CCCCCCCCCC. The van der Waals surface area contributed by atoms with Gasteiger partial charge in [-0.2, -0.15) is 0 Å². The molecule has 8 nitrogen and oxygen atoms in total. The van der Waals surface area contributed by atoms with Gasteiger partial charge in [0.05, 0.1) is 39.9 Å². The molecule has 0 aliphatic carbocycles. The molecule has 0 rings (SSSR count). The first-order valence-corrected chi connectivity index (χ1v) is 29.3. The minimum absolute atomic E-state index is 0.0507. The summed E-state index contributed by atoms with van der Waals surface area (Å²) in [5, 5.41) is 13.9. The molecule has 67 heavy (non-hydrogen) atoms. The van der Waals surface area contributed by atoms with Crippen molar-refractivity contribution in [2.75, 3.05) is 40.9 Å². The number of nitrogens with one attached hydrogen (secondary N) is 1. The van der Waals surface area contributed by atoms with E-state index in [1.807, 2.05) is 27.2 Å². The van der Waals surface area contributed by atoms with Crippen LogP contribution in [-0.4, -0.2) is 73.4 Å². The number of quaternary nitrogens is 1. The van der Waals surface area contributed by atoms with Crippen LogP contribution in [0.4, 0.5) is 0 Å². The Morgan fingerprint density at radius 3 is 1.30 bits per heavy atom. The van der Waals surface area contributed by atoms with Crippen molar-refractivity contribution >= 4 is 13.7 Å². The van der Waals surface area contributed by atoms with Gasteiger partial charge in [0.25, 0.3) is 0 Å². The van der Waals surface area contributed by atoms with Crippen LogP contribution in [0.3, 0.4) is 0 Å². The summed E-state index contributed by atoms with van der Waals surface area (Å²) in [6.07, 6.45) is 67.1. The maximum atomic E-state index is 13.0. The lowest BCUT2D eigenvalue weighted by Crippen LogP contribution is -2.45. The van der Waals surface area contributed by atoms with Gasteiger partial charge in [-0.25, -0.2) is 4.57 Å². The van der Waals surface area contributed by atoms with Gasteiger partial charge in [-0.3, -0.25) is 13.8 Å². The molecule has 0 saturated heterocycles. The molecule has 0 aromatic rings. The molecule has 1 amide bonds. The number of nitrogens with zero attached hydrogens (tertiary/aromatic N) is 1. The zero-order chi connectivity index (χ0) is 49.2. The Morgan fingerprint density at radius 2 is 0.866 bits per heavy atom. The average molecular weight is 960 g/mol. The molecule has 390 valence electrons. The van der Waals surface area contributed by atoms with E-state index >= 15 is 0 Å². The third-order valence-corrected chi connectivity index (χ3v) is 13.1. The number of amides is 1. The van der Waals surface area contributed by atoms with E-state index in [4.69, 9.17) is 9.05 Å². The van der Waals surface area contributed by atoms with Gasteiger partial charge in [-0.1, -0.05) is 222 Å². The van der Waals surface area contributed by atoms with Crippen LogP contribution in [0, 0.1) is 0 Å². The summed E-state index contributed by atoms with van der Waals surface area (Å²) in [5.41, 5.74) is 0. The Hall–Kier alpha value is -2.06. The topological polar surface area (TPSA) is 105 Å². The number of unbranched alkanes of at least 4 members (excludes halogenated alkanes) is 27. The summed E-state index contributed by atoms with van der Waals surface area (Å²) in [4.78, 5) is 23.3. The molecule has 0 heterocycles. The Labute approximate surface area is 414 Å². The second-order valence-corrected chi connectivity index (χ2v) is 21.4. The van der Waals surface area contributed by atoms with E-state index in [1.165, 1.54) is 161 Å². The fourth-order valence-corrected chi connectivity index (χ4v) is 8.46. The van der Waals surface area contributed by atoms with Crippen molar-refractivity contribution in [2.45, 2.75) is 251 Å². The highest BCUT2D eigenvalue weighted by Crippen LogP contribution is 2.43. The molecule has 0 aliphatic heterocycles. The highest BCUT2D eigenvalue weighted by atomic mass is 31.2. The van der Waals surface area contributed by atoms with Gasteiger partial charge in [0, 0.05) is 6.42 Å². The number of hydrogen-bond acceptors (Lipinski definition) is 5. The second-order valence-electron chi connectivity index (χ2n) is 19.9. The van der Waals surface area contributed by atoms with E-state index in [0.717, 1.165) is 57.8 Å². The van der Waals surface area contributed by atoms with E-state index in [9.17, 15) is 19.4 Å². The lowest BCUT2D eigenvalue weighted by Gasteiger charge is -2.25. The van der Waals surface area contributed by atoms with Crippen molar-refractivity contribution < 1.29 is 32.9 Å². The summed E-state index contributed by atoms with van der Waals surface area (Å²) in [6, 6.07) is -0.874. The summed E-state index contributed by atoms with van der Waals surface area (Å²) in [7, 11) is 1.54. The molecule has 0 aromatic heterocycles. The Kier molecular flexibility index (Phi) is 47.4. The van der Waals surface area contributed by atoms with Crippen molar-refractivity contribution in [3.05, 3.63) is 72.9 Å². The van der Waals surface area contributed by atoms with Crippen molar-refractivity contribution in [1.29, 1.82) is 0 Å². The van der Waals surface area contributed by atoms with Crippen molar-refractivity contribution in [1.82, 2.24) is 5.32 Å². The van der Waals surface area contributed by atoms with Crippen LogP contribution in [0.15, 0.2) is 72.9 Å². The number of rotatable bonds is 50. The molecule has 3 N–H and O–H groups in total. The highest BCUT2D eigenvalue weighted by molar-refractivity contribution is 7.47. The number of carbonyl (C=O) groups is 1. The van der Waals surface area contributed by atoms with E-state index in [2.05, 4.69) is 79.9 Å². The van der Waals surface area contributed by atoms with E-state index < -0.39 is 20.0 Å². The van der Waals surface area contributed by atoms with E-state index in [1.54, 1.807) is 6.08 Å². The van der Waals surface area contributed by atoms with Gasteiger partial charge < -0.3 is 19.8 Å². The molecular formula is C58H108N2O6P+. The maximum Gasteiger partial charge on any atom is 0.472 e. The van der Waals surface area contributed by atoms with Gasteiger partial charge in [-0.15, -0.1) is 0 Å². The lowest BCUT2D eigenvalue weighted by molar-refractivity contribution is -0.870. The molecule has 0 bridgehead atoms. The van der Waals surface area contributed by atoms with Crippen LogP contribution in [0.5, 0.6) is 0 Å². The zero-order valence-electron chi connectivity index (χ0n) is 44.4. The van der Waals surface area contributed by atoms with Crippen LogP contribution >= 0.6 is 7.82 Å². The van der Waals surface area contributed by atoms with Crippen LogP contribution in [0.25, 0.3) is 0 Å². The third kappa shape index (κ3) is 51.6. The minimum atomic E-state index is -4.36. The van der Waals surface area contributed by atoms with Crippen molar-refractivity contribution in [2.24, 2.45) is 0 Å². The van der Waals surface area contributed by atoms with Gasteiger partial charge in [0.1, 0.15) is 13.2 Å². The average Bonchev–Trinajstić information content (AvgIpc) is 3.29. The monoisotopic (exact) mass is 960 g/mol. The molecule has 0 aromatic carbocycles. The number of phosphoric acid groups is 1.